The molecule has 6 heteroatoms. The lowest BCUT2D eigenvalue weighted by Gasteiger charge is -2.10. The first-order chi connectivity index (χ1) is 8.89. The second-order valence-electron chi connectivity index (χ2n) is 3.77. The molecular weight excluding hydrogens is 259 g/mol. The van der Waals surface area contributed by atoms with E-state index in [4.69, 9.17) is 5.11 Å². The number of carboxylic acid groups (broad SMARTS) is 1. The minimum Gasteiger partial charge on any atom is -0.478 e. The van der Waals surface area contributed by atoms with Crippen LogP contribution in [-0.4, -0.2) is 16.1 Å². The summed E-state index contributed by atoms with van der Waals surface area (Å²) < 4.78 is 38.5. The van der Waals surface area contributed by atoms with E-state index >= 15 is 0 Å². The van der Waals surface area contributed by atoms with Crippen molar-refractivity contribution in [3.8, 4) is 0 Å². The predicted molar refractivity (Wildman–Crippen MR) is 63.4 cm³/mol. The highest BCUT2D eigenvalue weighted by molar-refractivity contribution is 5.94. The Hall–Kier alpha value is -2.37. The Bertz CT molecular complexity index is 662. The van der Waals surface area contributed by atoms with Gasteiger partial charge in [0.15, 0.2) is 0 Å². The summed E-state index contributed by atoms with van der Waals surface area (Å²) in [5, 5.41) is 8.79. The molecule has 1 aromatic heterocycles. The van der Waals surface area contributed by atoms with Crippen molar-refractivity contribution in [1.82, 2.24) is 4.98 Å². The highest BCUT2D eigenvalue weighted by Gasteiger charge is 2.32. The lowest BCUT2D eigenvalue weighted by molar-refractivity contribution is -0.136. The average Bonchev–Trinajstić information content (AvgIpc) is 2.34. The fourth-order valence-electron chi connectivity index (χ4n) is 1.76. The lowest BCUT2D eigenvalue weighted by atomic mass is 10.0. The number of nitrogens with zero attached hydrogens (tertiary/aromatic N) is 1. The first-order valence-electron chi connectivity index (χ1n) is 5.25. The molecule has 98 valence electrons. The summed E-state index contributed by atoms with van der Waals surface area (Å²) in [6.45, 7) is 0. The Morgan fingerprint density at radius 2 is 1.95 bits per heavy atom. The largest absolute Gasteiger partial charge is 0.478 e. The molecule has 0 aliphatic carbocycles. The quantitative estimate of drug-likeness (QED) is 0.849. The van der Waals surface area contributed by atoms with Crippen molar-refractivity contribution < 1.29 is 23.1 Å². The molecule has 1 aromatic carbocycles. The molecule has 1 heterocycles. The van der Waals surface area contributed by atoms with Gasteiger partial charge in [0.1, 0.15) is 0 Å². The van der Waals surface area contributed by atoms with Gasteiger partial charge in [-0.05, 0) is 23.6 Å². The van der Waals surface area contributed by atoms with Crippen LogP contribution in [0.3, 0.4) is 0 Å². The molecule has 0 unspecified atom stereocenters. The van der Waals surface area contributed by atoms with Gasteiger partial charge in [-0.1, -0.05) is 12.1 Å². The number of alkyl halides is 3. The van der Waals surface area contributed by atoms with Gasteiger partial charge in [-0.15, -0.1) is 0 Å². The van der Waals surface area contributed by atoms with Crippen molar-refractivity contribution in [3.63, 3.8) is 0 Å². The number of aromatic nitrogens is 1. The molecule has 0 aliphatic heterocycles. The van der Waals surface area contributed by atoms with Crippen molar-refractivity contribution in [2.75, 3.05) is 0 Å². The molecule has 3 nitrogen and oxygen atoms in total. The first-order valence-corrected chi connectivity index (χ1v) is 5.25. The first kappa shape index (κ1) is 13.1. The second kappa shape index (κ2) is 4.72. The molecule has 2 aromatic rings. The maximum Gasteiger partial charge on any atom is 0.417 e. The van der Waals surface area contributed by atoms with Crippen molar-refractivity contribution >= 4 is 22.8 Å². The summed E-state index contributed by atoms with van der Waals surface area (Å²) in [4.78, 5) is 14.3. The third-order valence-electron chi connectivity index (χ3n) is 2.53. The van der Waals surface area contributed by atoms with Crippen molar-refractivity contribution in [3.05, 3.63) is 47.8 Å². The highest BCUT2D eigenvalue weighted by atomic mass is 19.4. The van der Waals surface area contributed by atoms with E-state index in [1.54, 1.807) is 0 Å². The van der Waals surface area contributed by atoms with E-state index in [1.807, 2.05) is 0 Å². The van der Waals surface area contributed by atoms with Crippen molar-refractivity contribution in [1.29, 1.82) is 0 Å². The summed E-state index contributed by atoms with van der Waals surface area (Å²) in [6, 6.07) is 4.98. The molecule has 0 spiro atoms. The van der Waals surface area contributed by atoms with Crippen LogP contribution in [0.2, 0.25) is 0 Å². The predicted octanol–water partition coefficient (Wildman–Crippen LogP) is 3.35. The van der Waals surface area contributed by atoms with Gasteiger partial charge >= 0.3 is 12.1 Å². The van der Waals surface area contributed by atoms with Gasteiger partial charge in [0.2, 0.25) is 0 Å². The number of fused-ring (bicyclic) bond motifs is 1. The molecule has 0 aliphatic rings. The van der Waals surface area contributed by atoms with E-state index in [9.17, 15) is 18.0 Å². The number of benzene rings is 1. The molecule has 0 saturated carbocycles. The van der Waals surface area contributed by atoms with Gasteiger partial charge in [-0.25, -0.2) is 4.79 Å². The van der Waals surface area contributed by atoms with Crippen molar-refractivity contribution in [2.45, 2.75) is 6.18 Å². The van der Waals surface area contributed by atoms with Gasteiger partial charge < -0.3 is 5.11 Å². The Morgan fingerprint density at radius 1 is 1.21 bits per heavy atom. The third-order valence-corrected chi connectivity index (χ3v) is 2.53. The fourth-order valence-corrected chi connectivity index (χ4v) is 1.76. The fraction of sp³-hybridized carbons (Fsp3) is 0.0769. The number of halogens is 3. The SMILES string of the molecule is O=C(O)/C=C/c1nccc2c(C(F)(F)F)cccc12. The van der Waals surface area contributed by atoms with Crippen LogP contribution in [0.5, 0.6) is 0 Å². The average molecular weight is 267 g/mol. The number of hydrogen-bond acceptors (Lipinski definition) is 2. The molecule has 0 fully saturated rings. The molecule has 2 rings (SSSR count). The van der Waals surface area contributed by atoms with Crippen LogP contribution in [0.1, 0.15) is 11.3 Å². The molecule has 19 heavy (non-hydrogen) atoms. The summed E-state index contributed by atoms with van der Waals surface area (Å²) in [6.07, 6.45) is -1.24. The van der Waals surface area contributed by atoms with Crippen LogP contribution in [0.4, 0.5) is 13.2 Å². The molecular formula is C13H8F3NO2. The number of rotatable bonds is 2. The zero-order valence-corrected chi connectivity index (χ0v) is 9.48. The maximum absolute atomic E-state index is 12.8. The van der Waals surface area contributed by atoms with Gasteiger partial charge in [-0.2, -0.15) is 13.2 Å². The van der Waals surface area contributed by atoms with E-state index in [0.717, 1.165) is 12.1 Å². The van der Waals surface area contributed by atoms with Gasteiger partial charge in [-0.3, -0.25) is 4.98 Å². The van der Waals surface area contributed by atoms with Gasteiger partial charge in [0.05, 0.1) is 11.3 Å². The van der Waals surface area contributed by atoms with E-state index in [1.165, 1.54) is 30.5 Å². The summed E-state index contributed by atoms with van der Waals surface area (Å²) in [5.74, 6) is -1.19. The zero-order valence-electron chi connectivity index (χ0n) is 9.48. The second-order valence-corrected chi connectivity index (χ2v) is 3.77. The molecule has 0 radical (unpaired) electrons. The lowest BCUT2D eigenvalue weighted by Crippen LogP contribution is -2.05. The number of hydrogen-bond donors (Lipinski definition) is 1. The summed E-state index contributed by atoms with van der Waals surface area (Å²) in [7, 11) is 0. The van der Waals surface area contributed by atoms with Crippen LogP contribution in [0, 0.1) is 0 Å². The number of aliphatic carboxylic acids is 1. The Kier molecular flexibility index (Phi) is 3.25. The molecule has 0 saturated heterocycles. The minimum absolute atomic E-state index is 0.00459. The van der Waals surface area contributed by atoms with Gasteiger partial charge in [0.25, 0.3) is 0 Å². The summed E-state index contributed by atoms with van der Waals surface area (Å²) >= 11 is 0. The zero-order chi connectivity index (χ0) is 14.0. The van der Waals surface area contributed by atoms with E-state index < -0.39 is 17.7 Å². The minimum atomic E-state index is -4.46. The normalized spacial score (nSPS) is 12.2. The van der Waals surface area contributed by atoms with Gasteiger partial charge in [0, 0.05) is 17.7 Å². The molecule has 0 amide bonds. The van der Waals surface area contributed by atoms with Crippen LogP contribution in [-0.2, 0) is 11.0 Å². The highest BCUT2D eigenvalue weighted by Crippen LogP contribution is 2.35. The Morgan fingerprint density at radius 3 is 2.58 bits per heavy atom. The van der Waals surface area contributed by atoms with Crippen molar-refractivity contribution in [2.24, 2.45) is 0 Å². The summed E-state index contributed by atoms with van der Waals surface area (Å²) in [5.41, 5.74) is -0.580. The molecule has 0 bridgehead atoms. The maximum atomic E-state index is 12.8. The number of carboxylic acids is 1. The number of carbonyl (C=O) groups is 1. The Balaban J connectivity index is 2.68. The van der Waals surface area contributed by atoms with Crippen LogP contribution in [0.25, 0.3) is 16.8 Å². The molecule has 1 N–H and O–H groups in total. The van der Waals surface area contributed by atoms with Crippen LogP contribution in [0.15, 0.2) is 36.5 Å². The molecule has 0 atom stereocenters. The Labute approximate surface area is 106 Å². The van der Waals surface area contributed by atoms with Crippen LogP contribution < -0.4 is 0 Å². The van der Waals surface area contributed by atoms with Crippen LogP contribution >= 0.6 is 0 Å². The van der Waals surface area contributed by atoms with E-state index in [2.05, 4.69) is 4.98 Å². The standard InChI is InChI=1S/C13H8F3NO2/c14-13(15,16)10-3-1-2-9-8(10)6-7-17-11(9)4-5-12(18)19/h1-7H,(H,18,19)/b5-4+. The topological polar surface area (TPSA) is 50.2 Å². The monoisotopic (exact) mass is 267 g/mol. The van der Waals surface area contributed by atoms with E-state index in [-0.39, 0.29) is 16.5 Å². The number of pyridine rings is 1. The smallest absolute Gasteiger partial charge is 0.417 e. The third kappa shape index (κ3) is 2.73. The van der Waals surface area contributed by atoms with E-state index in [0.29, 0.717) is 0 Å².